The molecule has 1 unspecified atom stereocenters. The molecule has 0 aliphatic heterocycles. The topological polar surface area (TPSA) is 88.1 Å². The van der Waals surface area contributed by atoms with Crippen molar-refractivity contribution in [2.24, 2.45) is 0 Å². The lowest BCUT2D eigenvalue weighted by atomic mass is 10.1. The van der Waals surface area contributed by atoms with Crippen molar-refractivity contribution >= 4 is 17.9 Å². The number of hydrogen-bond acceptors (Lipinski definition) is 7. The predicted molar refractivity (Wildman–Crippen MR) is 85.0 cm³/mol. The van der Waals surface area contributed by atoms with E-state index in [4.69, 9.17) is 9.47 Å². The fourth-order valence-corrected chi connectivity index (χ4v) is 1.72. The first-order chi connectivity index (χ1) is 11.4. The smallest absolute Gasteiger partial charge is 0.340 e. The molecule has 7 heteroatoms. The van der Waals surface area contributed by atoms with Crippen LogP contribution in [0, 0.1) is 0 Å². The number of rotatable bonds is 8. The van der Waals surface area contributed by atoms with Crippen molar-refractivity contribution in [1.29, 1.82) is 0 Å². The SMILES string of the molecule is C=CCCOC(C)C(=O)Oc1cc(C(=O)OC)cc(C(=O)OC)c1. The fourth-order valence-electron chi connectivity index (χ4n) is 1.72. The van der Waals surface area contributed by atoms with Crippen LogP contribution in [0.25, 0.3) is 0 Å². The molecule has 0 spiro atoms. The summed E-state index contributed by atoms with van der Waals surface area (Å²) in [6.07, 6.45) is 1.45. The van der Waals surface area contributed by atoms with Gasteiger partial charge in [-0.15, -0.1) is 6.58 Å². The second-order valence-corrected chi connectivity index (χ2v) is 4.74. The third-order valence-corrected chi connectivity index (χ3v) is 2.99. The Morgan fingerprint density at radius 2 is 1.62 bits per heavy atom. The first-order valence-corrected chi connectivity index (χ1v) is 7.18. The van der Waals surface area contributed by atoms with E-state index in [9.17, 15) is 14.4 Å². The molecule has 0 bridgehead atoms. The predicted octanol–water partition coefficient (Wildman–Crippen LogP) is 2.15. The van der Waals surface area contributed by atoms with Crippen LogP contribution in [0.1, 0.15) is 34.1 Å². The molecule has 24 heavy (non-hydrogen) atoms. The summed E-state index contributed by atoms with van der Waals surface area (Å²) in [6.45, 7) is 5.42. The van der Waals surface area contributed by atoms with Gasteiger partial charge in [0, 0.05) is 0 Å². The zero-order chi connectivity index (χ0) is 18.1. The average molecular weight is 336 g/mol. The van der Waals surface area contributed by atoms with Gasteiger partial charge < -0.3 is 18.9 Å². The minimum absolute atomic E-state index is 0.0162. The summed E-state index contributed by atoms with van der Waals surface area (Å²) in [7, 11) is 2.41. The van der Waals surface area contributed by atoms with Crippen LogP contribution < -0.4 is 4.74 Å². The van der Waals surface area contributed by atoms with E-state index in [0.717, 1.165) is 0 Å². The van der Waals surface area contributed by atoms with Gasteiger partial charge in [0.05, 0.1) is 32.0 Å². The second-order valence-electron chi connectivity index (χ2n) is 4.74. The molecule has 0 aliphatic carbocycles. The van der Waals surface area contributed by atoms with Gasteiger partial charge in [0.15, 0.2) is 6.10 Å². The van der Waals surface area contributed by atoms with Crippen LogP contribution in [0.3, 0.4) is 0 Å². The van der Waals surface area contributed by atoms with E-state index in [1.807, 2.05) is 0 Å². The molecule has 0 radical (unpaired) electrons. The van der Waals surface area contributed by atoms with Crippen LogP contribution in [0.5, 0.6) is 5.75 Å². The molecule has 0 saturated carbocycles. The Bertz CT molecular complexity index is 587. The number of ether oxygens (including phenoxy) is 4. The number of hydrogen-bond donors (Lipinski definition) is 0. The molecule has 0 N–H and O–H groups in total. The minimum atomic E-state index is -0.812. The third-order valence-electron chi connectivity index (χ3n) is 2.99. The summed E-state index contributed by atoms with van der Waals surface area (Å²) < 4.78 is 19.7. The summed E-state index contributed by atoms with van der Waals surface area (Å²) in [5.74, 6) is -1.99. The molecule has 0 aliphatic rings. The summed E-state index contributed by atoms with van der Waals surface area (Å²) in [5, 5.41) is 0. The Kier molecular flexibility index (Phi) is 7.64. The number of methoxy groups -OCH3 is 2. The maximum absolute atomic E-state index is 12.0. The average Bonchev–Trinajstić information content (AvgIpc) is 2.59. The first kappa shape index (κ1) is 19.4. The zero-order valence-electron chi connectivity index (χ0n) is 13.9. The highest BCUT2D eigenvalue weighted by Crippen LogP contribution is 2.20. The van der Waals surface area contributed by atoms with Crippen molar-refractivity contribution < 1.29 is 33.3 Å². The molecular weight excluding hydrogens is 316 g/mol. The van der Waals surface area contributed by atoms with Crippen molar-refractivity contribution in [1.82, 2.24) is 0 Å². The van der Waals surface area contributed by atoms with E-state index >= 15 is 0 Å². The summed E-state index contributed by atoms with van der Waals surface area (Å²) >= 11 is 0. The summed E-state index contributed by atoms with van der Waals surface area (Å²) in [4.78, 5) is 35.4. The van der Waals surface area contributed by atoms with Crippen LogP contribution in [0.2, 0.25) is 0 Å². The maximum atomic E-state index is 12.0. The van der Waals surface area contributed by atoms with Gasteiger partial charge in [0.25, 0.3) is 0 Å². The first-order valence-electron chi connectivity index (χ1n) is 7.18. The van der Waals surface area contributed by atoms with E-state index in [2.05, 4.69) is 16.1 Å². The van der Waals surface area contributed by atoms with E-state index < -0.39 is 24.0 Å². The Morgan fingerprint density at radius 3 is 2.08 bits per heavy atom. The van der Waals surface area contributed by atoms with Gasteiger partial charge in [0.2, 0.25) is 0 Å². The zero-order valence-corrected chi connectivity index (χ0v) is 13.9. The molecule has 0 fully saturated rings. The largest absolute Gasteiger partial charge is 0.465 e. The lowest BCUT2D eigenvalue weighted by Gasteiger charge is -2.13. The molecule has 1 aromatic rings. The highest BCUT2D eigenvalue weighted by atomic mass is 16.6. The highest BCUT2D eigenvalue weighted by Gasteiger charge is 2.19. The quantitative estimate of drug-likeness (QED) is 0.311. The number of esters is 3. The number of carbonyl (C=O) groups is 3. The standard InChI is InChI=1S/C17H20O7/c1-5-6-7-23-11(2)15(18)24-14-9-12(16(19)21-3)8-13(10-14)17(20)22-4/h5,8-11H,1,6-7H2,2-4H3. The van der Waals surface area contributed by atoms with Crippen molar-refractivity contribution in [2.75, 3.05) is 20.8 Å². The molecule has 1 atom stereocenters. The third kappa shape index (κ3) is 5.51. The molecular formula is C17H20O7. The van der Waals surface area contributed by atoms with Gasteiger partial charge in [0.1, 0.15) is 5.75 Å². The van der Waals surface area contributed by atoms with Gasteiger partial charge in [-0.1, -0.05) is 6.08 Å². The monoisotopic (exact) mass is 336 g/mol. The Hall–Kier alpha value is -2.67. The van der Waals surface area contributed by atoms with Gasteiger partial charge in [-0.2, -0.15) is 0 Å². The van der Waals surface area contributed by atoms with Crippen LogP contribution in [-0.2, 0) is 19.0 Å². The highest BCUT2D eigenvalue weighted by molar-refractivity contribution is 5.96. The van der Waals surface area contributed by atoms with Gasteiger partial charge in [-0.3, -0.25) is 0 Å². The molecule has 0 saturated heterocycles. The van der Waals surface area contributed by atoms with Crippen LogP contribution in [-0.4, -0.2) is 44.8 Å². The molecule has 7 nitrogen and oxygen atoms in total. The normalized spacial score (nSPS) is 11.3. The van der Waals surface area contributed by atoms with Gasteiger partial charge in [-0.25, -0.2) is 14.4 Å². The lowest BCUT2D eigenvalue weighted by molar-refractivity contribution is -0.146. The molecule has 1 rings (SSSR count). The van der Waals surface area contributed by atoms with Crippen molar-refractivity contribution in [3.63, 3.8) is 0 Å². The second kappa shape index (κ2) is 9.46. The van der Waals surface area contributed by atoms with Crippen molar-refractivity contribution in [3.8, 4) is 5.75 Å². The van der Waals surface area contributed by atoms with Crippen molar-refractivity contribution in [2.45, 2.75) is 19.4 Å². The van der Waals surface area contributed by atoms with Gasteiger partial charge in [-0.05, 0) is 31.5 Å². The molecule has 0 amide bonds. The number of carbonyl (C=O) groups excluding carboxylic acids is 3. The fraction of sp³-hybridized carbons (Fsp3) is 0.353. The molecule has 1 aromatic carbocycles. The van der Waals surface area contributed by atoms with Crippen molar-refractivity contribution in [3.05, 3.63) is 42.0 Å². The van der Waals surface area contributed by atoms with Crippen LogP contribution in [0.4, 0.5) is 0 Å². The number of benzene rings is 1. The van der Waals surface area contributed by atoms with E-state index in [1.54, 1.807) is 6.08 Å². The van der Waals surface area contributed by atoms with Crippen LogP contribution in [0.15, 0.2) is 30.9 Å². The Morgan fingerprint density at radius 1 is 1.08 bits per heavy atom. The Balaban J connectivity index is 2.96. The Labute approximate surface area is 140 Å². The van der Waals surface area contributed by atoms with E-state index in [0.29, 0.717) is 13.0 Å². The molecule has 130 valence electrons. The molecule has 0 aromatic heterocycles. The summed E-state index contributed by atoms with van der Waals surface area (Å²) in [5.41, 5.74) is 0.117. The van der Waals surface area contributed by atoms with E-state index in [1.165, 1.54) is 39.3 Å². The maximum Gasteiger partial charge on any atom is 0.340 e. The molecule has 0 heterocycles. The minimum Gasteiger partial charge on any atom is -0.465 e. The van der Waals surface area contributed by atoms with E-state index in [-0.39, 0.29) is 16.9 Å². The summed E-state index contributed by atoms with van der Waals surface area (Å²) in [6, 6.07) is 3.89. The van der Waals surface area contributed by atoms with Gasteiger partial charge >= 0.3 is 17.9 Å². The lowest BCUT2D eigenvalue weighted by Crippen LogP contribution is -2.26. The van der Waals surface area contributed by atoms with Crippen LogP contribution >= 0.6 is 0 Å².